The Morgan fingerprint density at radius 3 is 2.03 bits per heavy atom. The lowest BCUT2D eigenvalue weighted by atomic mass is 10.2. The number of pyridine rings is 2. The van der Waals surface area contributed by atoms with Gasteiger partial charge in [0.15, 0.2) is 11.6 Å². The zero-order valence-electron chi connectivity index (χ0n) is 14.7. The molecule has 0 spiro atoms. The van der Waals surface area contributed by atoms with Gasteiger partial charge >= 0.3 is 12.4 Å². The summed E-state index contributed by atoms with van der Waals surface area (Å²) in [6, 6.07) is 1.24. The van der Waals surface area contributed by atoms with Crippen molar-refractivity contribution in [2.75, 3.05) is 5.43 Å². The molecule has 0 bridgehead atoms. The van der Waals surface area contributed by atoms with Gasteiger partial charge in [-0.25, -0.2) is 15.0 Å². The molecule has 0 fully saturated rings. The second kappa shape index (κ2) is 8.23. The molecule has 164 valence electrons. The number of rotatable bonds is 4. The van der Waals surface area contributed by atoms with Crippen molar-refractivity contribution in [3.63, 3.8) is 0 Å². The highest BCUT2D eigenvalue weighted by molar-refractivity contribution is 6.33. The highest BCUT2D eigenvalue weighted by Gasteiger charge is 2.33. The van der Waals surface area contributed by atoms with Crippen LogP contribution < -0.4 is 10.9 Å². The normalized spacial score (nSPS) is 12.0. The largest absolute Gasteiger partial charge is 0.417 e. The average Bonchev–Trinajstić information content (AvgIpc) is 3.14. The van der Waals surface area contributed by atoms with Gasteiger partial charge in [-0.2, -0.15) is 26.3 Å². The predicted molar refractivity (Wildman–Crippen MR) is 96.7 cm³/mol. The Morgan fingerprint density at radius 2 is 1.48 bits per heavy atom. The molecule has 3 aromatic rings. The number of aromatic nitrogens is 4. The molecule has 7 nitrogen and oxygen atoms in total. The van der Waals surface area contributed by atoms with E-state index in [1.165, 1.54) is 0 Å². The van der Waals surface area contributed by atoms with E-state index in [2.05, 4.69) is 25.8 Å². The van der Waals surface area contributed by atoms with Crippen LogP contribution in [0.25, 0.3) is 5.82 Å². The average molecular weight is 485 g/mol. The lowest BCUT2D eigenvalue weighted by Gasteiger charge is -2.13. The number of anilines is 1. The van der Waals surface area contributed by atoms with Gasteiger partial charge in [0.05, 0.1) is 27.4 Å². The smallest absolute Gasteiger partial charge is 0.280 e. The van der Waals surface area contributed by atoms with Crippen LogP contribution in [0.3, 0.4) is 0 Å². The third-order valence-electron chi connectivity index (χ3n) is 3.71. The molecule has 3 heterocycles. The highest BCUT2D eigenvalue weighted by atomic mass is 35.5. The summed E-state index contributed by atoms with van der Waals surface area (Å²) in [7, 11) is 0. The van der Waals surface area contributed by atoms with Crippen LogP contribution in [-0.4, -0.2) is 25.4 Å². The first kappa shape index (κ1) is 22.6. The number of amides is 1. The third kappa shape index (κ3) is 4.99. The number of nitrogens with zero attached hydrogens (tertiary/aromatic N) is 4. The maximum Gasteiger partial charge on any atom is 0.417 e. The summed E-state index contributed by atoms with van der Waals surface area (Å²) < 4.78 is 77.3. The van der Waals surface area contributed by atoms with E-state index in [4.69, 9.17) is 23.2 Å². The van der Waals surface area contributed by atoms with Crippen molar-refractivity contribution >= 4 is 34.9 Å². The Hall–Kier alpha value is -3.06. The van der Waals surface area contributed by atoms with E-state index in [0.717, 1.165) is 17.1 Å². The fraction of sp³-hybridized carbons (Fsp3) is 0.125. The number of carbonyl (C=O) groups excluding carboxylic acids is 1. The van der Waals surface area contributed by atoms with E-state index in [1.807, 2.05) is 0 Å². The Balaban J connectivity index is 1.79. The number of hydrazine groups is 1. The Kier molecular flexibility index (Phi) is 6.00. The molecule has 3 aromatic heterocycles. The van der Waals surface area contributed by atoms with Gasteiger partial charge in [-0.1, -0.05) is 23.2 Å². The lowest BCUT2D eigenvalue weighted by molar-refractivity contribution is -0.138. The van der Waals surface area contributed by atoms with E-state index in [9.17, 15) is 31.1 Å². The molecule has 0 unspecified atom stereocenters. The Bertz CT molecular complexity index is 1130. The molecule has 0 aliphatic heterocycles. The molecule has 1 amide bonds. The first-order valence-electron chi connectivity index (χ1n) is 7.92. The molecule has 0 aliphatic rings. The monoisotopic (exact) mass is 484 g/mol. The summed E-state index contributed by atoms with van der Waals surface area (Å²) in [5, 5.41) is -0.821. The van der Waals surface area contributed by atoms with Crippen LogP contribution >= 0.6 is 23.2 Å². The first-order valence-corrected chi connectivity index (χ1v) is 8.68. The molecular weight excluding hydrogens is 477 g/mol. The third-order valence-corrected chi connectivity index (χ3v) is 4.28. The van der Waals surface area contributed by atoms with Crippen molar-refractivity contribution < 1.29 is 31.1 Å². The van der Waals surface area contributed by atoms with Crippen LogP contribution in [0.2, 0.25) is 10.0 Å². The molecule has 0 saturated carbocycles. The van der Waals surface area contributed by atoms with E-state index < -0.39 is 39.4 Å². The zero-order valence-corrected chi connectivity index (χ0v) is 16.2. The van der Waals surface area contributed by atoms with Crippen LogP contribution in [0.4, 0.5) is 32.2 Å². The van der Waals surface area contributed by atoms with Crippen LogP contribution in [-0.2, 0) is 12.4 Å². The van der Waals surface area contributed by atoms with Crippen molar-refractivity contribution in [3.05, 3.63) is 63.9 Å². The summed E-state index contributed by atoms with van der Waals surface area (Å²) >= 11 is 11.6. The lowest BCUT2D eigenvalue weighted by Crippen LogP contribution is -2.31. The van der Waals surface area contributed by atoms with Gasteiger partial charge in [-0.3, -0.25) is 20.2 Å². The van der Waals surface area contributed by atoms with E-state index in [1.54, 1.807) is 0 Å². The minimum atomic E-state index is -4.66. The summed E-state index contributed by atoms with van der Waals surface area (Å²) in [4.78, 5) is 23.3. The van der Waals surface area contributed by atoms with Crippen molar-refractivity contribution in [2.45, 2.75) is 12.4 Å². The van der Waals surface area contributed by atoms with Crippen molar-refractivity contribution in [1.29, 1.82) is 0 Å². The van der Waals surface area contributed by atoms with Gasteiger partial charge in [0, 0.05) is 12.4 Å². The van der Waals surface area contributed by atoms with Gasteiger partial charge in [0.1, 0.15) is 12.0 Å². The van der Waals surface area contributed by atoms with E-state index >= 15 is 0 Å². The highest BCUT2D eigenvalue weighted by Crippen LogP contribution is 2.33. The topological polar surface area (TPSA) is 84.7 Å². The minimum Gasteiger partial charge on any atom is -0.280 e. The summed E-state index contributed by atoms with van der Waals surface area (Å²) in [6.45, 7) is 0. The van der Waals surface area contributed by atoms with Gasteiger partial charge in [-0.05, 0) is 12.1 Å². The SMILES string of the molecule is O=C(NNc1ncc(C(F)(F)F)cc1Cl)c1cncn1-c1ncc(C(F)(F)F)cc1Cl. The van der Waals surface area contributed by atoms with E-state index in [-0.39, 0.29) is 17.3 Å². The Morgan fingerprint density at radius 1 is 0.903 bits per heavy atom. The van der Waals surface area contributed by atoms with Crippen molar-refractivity contribution in [1.82, 2.24) is 24.9 Å². The predicted octanol–water partition coefficient (Wildman–Crippen LogP) is 4.76. The standard InChI is InChI=1S/C16H8Cl2F6N6O/c17-9-1-7(15(19,20)21)3-26-12(9)28-29-14(31)11-5-25-6-30(11)13-10(18)2-8(4-27-13)16(22,23)24/h1-6H,(H,26,28)(H,29,31). The number of alkyl halides is 6. The van der Waals surface area contributed by atoms with Gasteiger partial charge in [0.25, 0.3) is 5.91 Å². The number of nitrogens with one attached hydrogen (secondary N) is 2. The summed E-state index contributed by atoms with van der Waals surface area (Å²) in [6.07, 6.45) is -6.13. The van der Waals surface area contributed by atoms with Gasteiger partial charge < -0.3 is 0 Å². The molecule has 31 heavy (non-hydrogen) atoms. The van der Waals surface area contributed by atoms with Gasteiger partial charge in [0.2, 0.25) is 0 Å². The molecule has 0 saturated heterocycles. The second-order valence-corrected chi connectivity index (χ2v) is 6.62. The molecule has 2 N–H and O–H groups in total. The molecule has 0 aromatic carbocycles. The van der Waals surface area contributed by atoms with Crippen LogP contribution in [0.15, 0.2) is 37.1 Å². The summed E-state index contributed by atoms with van der Waals surface area (Å²) in [5.41, 5.74) is 2.01. The van der Waals surface area contributed by atoms with Crippen LogP contribution in [0.1, 0.15) is 21.6 Å². The number of imidazole rings is 1. The quantitative estimate of drug-likeness (QED) is 0.411. The number of carbonyl (C=O) groups is 1. The Labute approximate surface area is 179 Å². The first-order chi connectivity index (χ1) is 14.4. The van der Waals surface area contributed by atoms with E-state index in [0.29, 0.717) is 24.5 Å². The van der Waals surface area contributed by atoms with Crippen LogP contribution in [0.5, 0.6) is 0 Å². The second-order valence-electron chi connectivity index (χ2n) is 5.81. The number of hydrogen-bond acceptors (Lipinski definition) is 5. The van der Waals surface area contributed by atoms with Crippen LogP contribution in [0, 0.1) is 0 Å². The fourth-order valence-electron chi connectivity index (χ4n) is 2.26. The number of hydrogen-bond donors (Lipinski definition) is 2. The van der Waals surface area contributed by atoms with Crippen molar-refractivity contribution in [2.24, 2.45) is 0 Å². The number of halogens is 8. The minimum absolute atomic E-state index is 0.204. The molecule has 0 atom stereocenters. The van der Waals surface area contributed by atoms with Crippen molar-refractivity contribution in [3.8, 4) is 5.82 Å². The maximum absolute atomic E-state index is 12.8. The molecular formula is C16H8Cl2F6N6O. The summed E-state index contributed by atoms with van der Waals surface area (Å²) in [5.74, 6) is -1.36. The zero-order chi connectivity index (χ0) is 23.0. The molecule has 0 radical (unpaired) electrons. The fourth-order valence-corrected chi connectivity index (χ4v) is 2.73. The van der Waals surface area contributed by atoms with Gasteiger partial charge in [-0.15, -0.1) is 0 Å². The molecule has 0 aliphatic carbocycles. The molecule has 15 heteroatoms. The molecule has 3 rings (SSSR count). The maximum atomic E-state index is 12.8.